The number of hydrogen-bond donors (Lipinski definition) is 1. The first-order chi connectivity index (χ1) is 11.8. The van der Waals surface area contributed by atoms with Crippen LogP contribution in [-0.4, -0.2) is 55.1 Å². The predicted octanol–water partition coefficient (Wildman–Crippen LogP) is 1.68. The Labute approximate surface area is 143 Å². The second kappa shape index (κ2) is 8.28. The van der Waals surface area contributed by atoms with Crippen molar-refractivity contribution in [2.75, 3.05) is 40.5 Å². The van der Waals surface area contributed by atoms with E-state index in [1.807, 2.05) is 23.0 Å². The Morgan fingerprint density at radius 3 is 3.00 bits per heavy atom. The Balaban J connectivity index is 1.74. The molecule has 1 aliphatic heterocycles. The Morgan fingerprint density at radius 1 is 1.29 bits per heavy atom. The fourth-order valence-corrected chi connectivity index (χ4v) is 3.21. The molecule has 0 saturated carbocycles. The standard InChI is InChI=1S/C18H26N4O2/c1-23-10-9-22-14-15(11-20-22)13-21-8-7-19-12-17(21)16-5-3-4-6-18(16)24-2/h3-6,11,14,17,19H,7-10,12-13H2,1-2H3. The quantitative estimate of drug-likeness (QED) is 0.837. The first-order valence-electron chi connectivity index (χ1n) is 8.39. The van der Waals surface area contributed by atoms with E-state index in [0.717, 1.165) is 38.5 Å². The first kappa shape index (κ1) is 17.0. The van der Waals surface area contributed by atoms with Gasteiger partial charge < -0.3 is 14.8 Å². The summed E-state index contributed by atoms with van der Waals surface area (Å²) in [6.45, 7) is 5.29. The number of aromatic nitrogens is 2. The summed E-state index contributed by atoms with van der Waals surface area (Å²) in [4.78, 5) is 2.49. The Hall–Kier alpha value is -1.89. The van der Waals surface area contributed by atoms with Crippen LogP contribution >= 0.6 is 0 Å². The summed E-state index contributed by atoms with van der Waals surface area (Å²) >= 11 is 0. The average Bonchev–Trinajstić information content (AvgIpc) is 3.08. The Kier molecular flexibility index (Phi) is 5.85. The van der Waals surface area contributed by atoms with Gasteiger partial charge in [0, 0.05) is 50.6 Å². The summed E-state index contributed by atoms with van der Waals surface area (Å²) in [7, 11) is 3.45. The molecule has 1 atom stereocenters. The van der Waals surface area contributed by atoms with Crippen LogP contribution in [0, 0.1) is 0 Å². The van der Waals surface area contributed by atoms with Gasteiger partial charge in [-0.2, -0.15) is 5.10 Å². The third kappa shape index (κ3) is 3.95. The van der Waals surface area contributed by atoms with Crippen LogP contribution in [0.2, 0.25) is 0 Å². The van der Waals surface area contributed by atoms with Crippen LogP contribution in [0.4, 0.5) is 0 Å². The summed E-state index contributed by atoms with van der Waals surface area (Å²) < 4.78 is 12.6. The number of benzene rings is 1. The van der Waals surface area contributed by atoms with E-state index in [9.17, 15) is 0 Å². The fourth-order valence-electron chi connectivity index (χ4n) is 3.21. The molecule has 0 spiro atoms. The van der Waals surface area contributed by atoms with Gasteiger partial charge in [0.1, 0.15) is 5.75 Å². The van der Waals surface area contributed by atoms with Crippen molar-refractivity contribution < 1.29 is 9.47 Å². The molecule has 2 heterocycles. The van der Waals surface area contributed by atoms with E-state index < -0.39 is 0 Å². The monoisotopic (exact) mass is 330 g/mol. The molecule has 1 fully saturated rings. The molecule has 3 rings (SSSR count). The molecule has 0 radical (unpaired) electrons. The Bertz CT molecular complexity index is 643. The van der Waals surface area contributed by atoms with E-state index in [4.69, 9.17) is 9.47 Å². The maximum atomic E-state index is 5.56. The van der Waals surface area contributed by atoms with Gasteiger partial charge in [0.15, 0.2) is 0 Å². The highest BCUT2D eigenvalue weighted by Gasteiger charge is 2.26. The zero-order valence-corrected chi connectivity index (χ0v) is 14.4. The van der Waals surface area contributed by atoms with E-state index in [2.05, 4.69) is 33.6 Å². The molecule has 1 aromatic carbocycles. The van der Waals surface area contributed by atoms with Crippen molar-refractivity contribution in [3.05, 3.63) is 47.8 Å². The van der Waals surface area contributed by atoms with Gasteiger partial charge in [-0.05, 0) is 6.07 Å². The number of rotatable bonds is 7. The van der Waals surface area contributed by atoms with E-state index in [1.54, 1.807) is 14.2 Å². The molecule has 0 amide bonds. The number of hydrogen-bond acceptors (Lipinski definition) is 5. The van der Waals surface area contributed by atoms with Gasteiger partial charge in [-0.1, -0.05) is 18.2 Å². The van der Waals surface area contributed by atoms with Crippen LogP contribution in [0.15, 0.2) is 36.7 Å². The van der Waals surface area contributed by atoms with Gasteiger partial charge in [0.05, 0.1) is 32.5 Å². The number of para-hydroxylation sites is 1. The molecule has 6 heteroatoms. The second-order valence-electron chi connectivity index (χ2n) is 6.04. The molecule has 2 aromatic rings. The van der Waals surface area contributed by atoms with E-state index in [1.165, 1.54) is 11.1 Å². The topological polar surface area (TPSA) is 51.5 Å². The van der Waals surface area contributed by atoms with Crippen LogP contribution in [0.3, 0.4) is 0 Å². The lowest BCUT2D eigenvalue weighted by molar-refractivity contribution is 0.151. The number of ether oxygens (including phenoxy) is 2. The van der Waals surface area contributed by atoms with Crippen molar-refractivity contribution in [1.29, 1.82) is 0 Å². The van der Waals surface area contributed by atoms with Crippen molar-refractivity contribution in [3.63, 3.8) is 0 Å². The van der Waals surface area contributed by atoms with Crippen molar-refractivity contribution in [2.45, 2.75) is 19.1 Å². The summed E-state index contributed by atoms with van der Waals surface area (Å²) in [6, 6.07) is 8.59. The van der Waals surface area contributed by atoms with Crippen LogP contribution < -0.4 is 10.1 Å². The minimum Gasteiger partial charge on any atom is -0.496 e. The molecule has 0 aliphatic carbocycles. The molecule has 1 aliphatic rings. The lowest BCUT2D eigenvalue weighted by Gasteiger charge is -2.36. The third-order valence-electron chi connectivity index (χ3n) is 4.45. The molecule has 0 bridgehead atoms. The minimum atomic E-state index is 0.303. The van der Waals surface area contributed by atoms with Crippen molar-refractivity contribution >= 4 is 0 Å². The highest BCUT2D eigenvalue weighted by Crippen LogP contribution is 2.31. The minimum absolute atomic E-state index is 0.303. The zero-order valence-electron chi connectivity index (χ0n) is 14.4. The highest BCUT2D eigenvalue weighted by atomic mass is 16.5. The van der Waals surface area contributed by atoms with Gasteiger partial charge in [0.2, 0.25) is 0 Å². The van der Waals surface area contributed by atoms with Gasteiger partial charge in [-0.3, -0.25) is 9.58 Å². The molecule has 1 N–H and O–H groups in total. The number of piperazine rings is 1. The smallest absolute Gasteiger partial charge is 0.123 e. The number of nitrogens with one attached hydrogen (secondary N) is 1. The molecule has 6 nitrogen and oxygen atoms in total. The molecule has 1 unspecified atom stereocenters. The lowest BCUT2D eigenvalue weighted by Crippen LogP contribution is -2.45. The van der Waals surface area contributed by atoms with E-state index in [0.29, 0.717) is 12.6 Å². The normalized spacial score (nSPS) is 18.7. The SMILES string of the molecule is COCCn1cc(CN2CCNCC2c2ccccc2OC)cn1. The van der Waals surface area contributed by atoms with Crippen molar-refractivity contribution in [1.82, 2.24) is 20.0 Å². The van der Waals surface area contributed by atoms with Gasteiger partial charge >= 0.3 is 0 Å². The van der Waals surface area contributed by atoms with Crippen LogP contribution in [0.1, 0.15) is 17.2 Å². The molecule has 24 heavy (non-hydrogen) atoms. The van der Waals surface area contributed by atoms with Gasteiger partial charge in [-0.15, -0.1) is 0 Å². The highest BCUT2D eigenvalue weighted by molar-refractivity contribution is 5.36. The van der Waals surface area contributed by atoms with Gasteiger partial charge in [0.25, 0.3) is 0 Å². The predicted molar refractivity (Wildman–Crippen MR) is 93.1 cm³/mol. The van der Waals surface area contributed by atoms with Crippen molar-refractivity contribution in [2.24, 2.45) is 0 Å². The van der Waals surface area contributed by atoms with Crippen LogP contribution in [0.5, 0.6) is 5.75 Å². The maximum absolute atomic E-state index is 5.56. The van der Waals surface area contributed by atoms with Crippen LogP contribution in [-0.2, 0) is 17.8 Å². The summed E-state index contributed by atoms with van der Waals surface area (Å²) in [5.74, 6) is 0.951. The number of methoxy groups -OCH3 is 2. The maximum Gasteiger partial charge on any atom is 0.123 e. The first-order valence-corrected chi connectivity index (χ1v) is 8.39. The Morgan fingerprint density at radius 2 is 2.17 bits per heavy atom. The summed E-state index contributed by atoms with van der Waals surface area (Å²) in [5.41, 5.74) is 2.46. The van der Waals surface area contributed by atoms with Gasteiger partial charge in [-0.25, -0.2) is 0 Å². The van der Waals surface area contributed by atoms with E-state index in [-0.39, 0.29) is 0 Å². The lowest BCUT2D eigenvalue weighted by atomic mass is 10.0. The fraction of sp³-hybridized carbons (Fsp3) is 0.500. The largest absolute Gasteiger partial charge is 0.496 e. The molecular formula is C18H26N4O2. The molecule has 1 aromatic heterocycles. The molecular weight excluding hydrogens is 304 g/mol. The van der Waals surface area contributed by atoms with Crippen LogP contribution in [0.25, 0.3) is 0 Å². The third-order valence-corrected chi connectivity index (χ3v) is 4.45. The van der Waals surface area contributed by atoms with Crippen molar-refractivity contribution in [3.8, 4) is 5.75 Å². The molecule has 130 valence electrons. The van der Waals surface area contributed by atoms with E-state index >= 15 is 0 Å². The second-order valence-corrected chi connectivity index (χ2v) is 6.04. The number of nitrogens with zero attached hydrogens (tertiary/aromatic N) is 3. The average molecular weight is 330 g/mol. The molecule has 1 saturated heterocycles. The zero-order chi connectivity index (χ0) is 16.8. The summed E-state index contributed by atoms with van der Waals surface area (Å²) in [5, 5.41) is 7.92. The summed E-state index contributed by atoms with van der Waals surface area (Å²) in [6.07, 6.45) is 4.07.